The van der Waals surface area contributed by atoms with Crippen LogP contribution < -0.4 is 64.2 Å². The standard InChI is InChI=1S/C15H8O9S.2Na/c16-8-4-5(15(20)21)3-7-10(8)14(19)11-6(12(7)17)1-2-9(13(11)18)25(22,23)24;;/h1-4,16,18H,(H,20,21)(H,22,23,24);;/q;2*+1/p-2. The summed E-state index contributed by atoms with van der Waals surface area (Å²) in [5, 5.41) is 31.1. The maximum atomic E-state index is 12.5. The SMILES string of the molecule is O=C(O)c1cc(O)c2c(c1)C(=O)c1ccc(S(=O)(=O)[O-])c([O-])c1C2=O.[Na+].[Na+]. The Kier molecular flexibility index (Phi) is 7.07. The Hall–Kier alpha value is -1.24. The van der Waals surface area contributed by atoms with Crippen molar-refractivity contribution in [1.29, 1.82) is 0 Å². The topological polar surface area (TPSA) is 172 Å². The fraction of sp³-hybridized carbons (Fsp3) is 0. The summed E-state index contributed by atoms with van der Waals surface area (Å²) in [5.74, 6) is -5.88. The predicted octanol–water partition coefficient (Wildman–Crippen LogP) is -6.15. The van der Waals surface area contributed by atoms with Gasteiger partial charge in [0.25, 0.3) is 0 Å². The third-order valence-corrected chi connectivity index (χ3v) is 4.56. The second kappa shape index (κ2) is 8.02. The van der Waals surface area contributed by atoms with E-state index in [1.165, 1.54) is 0 Å². The van der Waals surface area contributed by atoms with Gasteiger partial charge in [-0.2, -0.15) is 0 Å². The van der Waals surface area contributed by atoms with E-state index in [1.54, 1.807) is 0 Å². The molecule has 0 atom stereocenters. The summed E-state index contributed by atoms with van der Waals surface area (Å²) < 4.78 is 33.3. The Morgan fingerprint density at radius 1 is 0.963 bits per heavy atom. The van der Waals surface area contributed by atoms with Crippen LogP contribution in [-0.4, -0.2) is 40.7 Å². The van der Waals surface area contributed by atoms with Gasteiger partial charge in [0.1, 0.15) is 15.9 Å². The molecule has 0 fully saturated rings. The normalized spacial score (nSPS) is 12.3. The van der Waals surface area contributed by atoms with Crippen molar-refractivity contribution in [3.63, 3.8) is 0 Å². The van der Waals surface area contributed by atoms with Crippen molar-refractivity contribution in [2.75, 3.05) is 0 Å². The van der Waals surface area contributed by atoms with Crippen LogP contribution in [0.5, 0.6) is 11.5 Å². The van der Waals surface area contributed by atoms with Crippen molar-refractivity contribution < 1.29 is 102 Å². The third kappa shape index (κ3) is 3.84. The number of carboxylic acids is 1. The Balaban J connectivity index is 0.00000182. The summed E-state index contributed by atoms with van der Waals surface area (Å²) >= 11 is 0. The van der Waals surface area contributed by atoms with E-state index in [4.69, 9.17) is 5.11 Å². The molecule has 0 aliphatic heterocycles. The number of hydrogen-bond acceptors (Lipinski definition) is 8. The quantitative estimate of drug-likeness (QED) is 0.309. The third-order valence-electron chi connectivity index (χ3n) is 3.70. The Morgan fingerprint density at radius 3 is 2.07 bits per heavy atom. The van der Waals surface area contributed by atoms with Crippen LogP contribution >= 0.6 is 0 Å². The van der Waals surface area contributed by atoms with Crippen LogP contribution in [0, 0.1) is 0 Å². The number of rotatable bonds is 2. The monoisotopic (exact) mass is 408 g/mol. The van der Waals surface area contributed by atoms with Gasteiger partial charge < -0.3 is 19.9 Å². The fourth-order valence-corrected chi connectivity index (χ4v) is 3.18. The number of carbonyl (C=O) groups is 3. The predicted molar refractivity (Wildman–Crippen MR) is 75.8 cm³/mol. The molecule has 0 radical (unpaired) electrons. The van der Waals surface area contributed by atoms with E-state index in [0.717, 1.165) is 18.2 Å². The first-order chi connectivity index (χ1) is 11.5. The van der Waals surface area contributed by atoms with E-state index in [-0.39, 0.29) is 59.1 Å². The van der Waals surface area contributed by atoms with E-state index in [0.29, 0.717) is 6.07 Å². The van der Waals surface area contributed by atoms with Crippen molar-refractivity contribution in [1.82, 2.24) is 0 Å². The molecule has 3 rings (SSSR count). The van der Waals surface area contributed by atoms with Crippen LogP contribution in [0.2, 0.25) is 0 Å². The number of aromatic carboxylic acids is 1. The summed E-state index contributed by atoms with van der Waals surface area (Å²) in [7, 11) is -5.18. The number of ketones is 2. The molecule has 1 aliphatic carbocycles. The number of phenolic OH excluding ortho intramolecular Hbond substituents is 1. The second-order valence-corrected chi connectivity index (χ2v) is 6.50. The number of aromatic hydroxyl groups is 1. The molecule has 0 spiro atoms. The molecule has 0 saturated heterocycles. The first-order valence-electron chi connectivity index (χ1n) is 6.53. The molecular formula is C15H6Na2O9S. The van der Waals surface area contributed by atoms with Gasteiger partial charge in [-0.25, -0.2) is 13.2 Å². The Labute approximate surface area is 196 Å². The Morgan fingerprint density at radius 2 is 1.56 bits per heavy atom. The molecule has 27 heavy (non-hydrogen) atoms. The Bertz CT molecular complexity index is 1110. The van der Waals surface area contributed by atoms with Gasteiger partial charge in [-0.3, -0.25) is 9.59 Å². The maximum Gasteiger partial charge on any atom is 1.00 e. The van der Waals surface area contributed by atoms with Crippen LogP contribution in [0.1, 0.15) is 42.2 Å². The van der Waals surface area contributed by atoms with Crippen molar-refractivity contribution in [3.8, 4) is 11.5 Å². The molecule has 9 nitrogen and oxygen atoms in total. The first-order valence-corrected chi connectivity index (χ1v) is 7.94. The largest absolute Gasteiger partial charge is 1.00 e. The zero-order chi connectivity index (χ0) is 18.7. The number of benzene rings is 2. The molecule has 1 aliphatic rings. The molecule has 128 valence electrons. The van der Waals surface area contributed by atoms with E-state index >= 15 is 0 Å². The zero-order valence-electron chi connectivity index (χ0n) is 14.0. The number of carboxylic acid groups (broad SMARTS) is 1. The number of phenols is 1. The van der Waals surface area contributed by atoms with Gasteiger partial charge in [-0.1, -0.05) is 5.75 Å². The summed E-state index contributed by atoms with van der Waals surface area (Å²) in [6.07, 6.45) is 0. The number of fused-ring (bicyclic) bond motifs is 2. The van der Waals surface area contributed by atoms with Crippen LogP contribution in [0.4, 0.5) is 0 Å². The van der Waals surface area contributed by atoms with E-state index in [2.05, 4.69) is 0 Å². The maximum absolute atomic E-state index is 12.5. The molecule has 0 aromatic heterocycles. The van der Waals surface area contributed by atoms with Crippen molar-refractivity contribution in [2.45, 2.75) is 4.90 Å². The van der Waals surface area contributed by atoms with Gasteiger partial charge in [-0.15, -0.1) is 0 Å². The molecule has 0 unspecified atom stereocenters. The average molecular weight is 408 g/mol. The van der Waals surface area contributed by atoms with Gasteiger partial charge in [-0.05, 0) is 24.3 Å². The van der Waals surface area contributed by atoms with Gasteiger partial charge >= 0.3 is 65.1 Å². The summed E-state index contributed by atoms with van der Waals surface area (Å²) in [6.45, 7) is 0. The average Bonchev–Trinajstić information content (AvgIpc) is 2.50. The molecule has 12 heteroatoms. The molecule has 2 aromatic carbocycles. The number of carbonyl (C=O) groups excluding carboxylic acids is 2. The molecule has 0 heterocycles. The molecular weight excluding hydrogens is 402 g/mol. The minimum absolute atomic E-state index is 0. The molecule has 2 aromatic rings. The van der Waals surface area contributed by atoms with Crippen molar-refractivity contribution in [2.24, 2.45) is 0 Å². The smallest absolute Gasteiger partial charge is 0.871 e. The van der Waals surface area contributed by atoms with Gasteiger partial charge in [0.15, 0.2) is 11.6 Å². The van der Waals surface area contributed by atoms with E-state index in [9.17, 15) is 37.6 Å². The molecule has 0 bridgehead atoms. The minimum Gasteiger partial charge on any atom is -0.871 e. The van der Waals surface area contributed by atoms with Gasteiger partial charge in [0, 0.05) is 21.6 Å². The van der Waals surface area contributed by atoms with Crippen molar-refractivity contribution >= 4 is 27.7 Å². The van der Waals surface area contributed by atoms with Gasteiger partial charge in [0.05, 0.1) is 11.1 Å². The van der Waals surface area contributed by atoms with Crippen molar-refractivity contribution in [3.05, 3.63) is 52.1 Å². The van der Waals surface area contributed by atoms with E-state index < -0.39 is 71.9 Å². The van der Waals surface area contributed by atoms with E-state index in [1.807, 2.05) is 0 Å². The fourth-order valence-electron chi connectivity index (χ4n) is 2.61. The molecule has 0 amide bonds. The molecule has 0 saturated carbocycles. The second-order valence-electron chi connectivity index (χ2n) is 5.15. The minimum atomic E-state index is -5.18. The van der Waals surface area contributed by atoms with Gasteiger partial charge in [0.2, 0.25) is 0 Å². The van der Waals surface area contributed by atoms with Crippen LogP contribution in [0.15, 0.2) is 29.2 Å². The summed E-state index contributed by atoms with van der Waals surface area (Å²) in [4.78, 5) is 34.8. The van der Waals surface area contributed by atoms with Crippen LogP contribution in [0.3, 0.4) is 0 Å². The zero-order valence-corrected chi connectivity index (χ0v) is 18.8. The summed E-state index contributed by atoms with van der Waals surface area (Å²) in [6, 6.07) is 3.02. The van der Waals surface area contributed by atoms with Crippen LogP contribution in [-0.2, 0) is 10.1 Å². The number of hydrogen-bond donors (Lipinski definition) is 2. The molecule has 2 N–H and O–H groups in total. The van der Waals surface area contributed by atoms with Crippen LogP contribution in [0.25, 0.3) is 0 Å². The first kappa shape index (κ1) is 23.8. The summed E-state index contributed by atoms with van der Waals surface area (Å²) in [5.41, 5.74) is -2.85.